The summed E-state index contributed by atoms with van der Waals surface area (Å²) < 4.78 is 38.5. The fourth-order valence-electron chi connectivity index (χ4n) is 2.93. The molecule has 10 heteroatoms. The summed E-state index contributed by atoms with van der Waals surface area (Å²) in [7, 11) is -1.15. The van der Waals surface area contributed by atoms with E-state index in [2.05, 4.69) is 15.5 Å². The van der Waals surface area contributed by atoms with Gasteiger partial charge >= 0.3 is 0 Å². The van der Waals surface area contributed by atoms with Crippen LogP contribution in [-0.4, -0.2) is 46.3 Å². The lowest BCUT2D eigenvalue weighted by molar-refractivity contribution is -0.119. The van der Waals surface area contributed by atoms with Gasteiger partial charge in [0.1, 0.15) is 6.54 Å². The first-order valence-electron chi connectivity index (χ1n) is 9.88. The first-order valence-corrected chi connectivity index (χ1v) is 11.3. The summed E-state index contributed by atoms with van der Waals surface area (Å²) >= 11 is 0. The van der Waals surface area contributed by atoms with Gasteiger partial charge in [-0.2, -0.15) is 5.10 Å². The van der Waals surface area contributed by atoms with Crippen LogP contribution in [0.2, 0.25) is 0 Å². The van der Waals surface area contributed by atoms with E-state index in [0.717, 1.165) is 15.4 Å². The van der Waals surface area contributed by atoms with Gasteiger partial charge in [0.2, 0.25) is 0 Å². The van der Waals surface area contributed by atoms with E-state index in [0.29, 0.717) is 11.5 Å². The van der Waals surface area contributed by atoms with E-state index >= 15 is 0 Å². The van der Waals surface area contributed by atoms with Crippen LogP contribution in [0.4, 0.5) is 5.69 Å². The van der Waals surface area contributed by atoms with Gasteiger partial charge in [-0.1, -0.05) is 17.7 Å². The van der Waals surface area contributed by atoms with Gasteiger partial charge in [0.05, 0.1) is 31.0 Å². The Hall–Kier alpha value is -3.92. The summed E-state index contributed by atoms with van der Waals surface area (Å²) in [5, 5.41) is 3.90. The lowest BCUT2D eigenvalue weighted by atomic mass is 10.2. The van der Waals surface area contributed by atoms with Crippen molar-refractivity contribution in [2.24, 2.45) is 5.10 Å². The number of nitrogens with one attached hydrogen (secondary N) is 1. The summed E-state index contributed by atoms with van der Waals surface area (Å²) in [5.74, 6) is 0.140. The van der Waals surface area contributed by atoms with Crippen molar-refractivity contribution in [1.29, 1.82) is 0 Å². The number of rotatable bonds is 9. The van der Waals surface area contributed by atoms with E-state index in [1.165, 1.54) is 38.6 Å². The van der Waals surface area contributed by atoms with E-state index in [1.54, 1.807) is 48.8 Å². The van der Waals surface area contributed by atoms with Crippen molar-refractivity contribution >= 4 is 27.8 Å². The third-order valence-corrected chi connectivity index (χ3v) is 6.45. The zero-order valence-corrected chi connectivity index (χ0v) is 19.2. The minimum absolute atomic E-state index is 0.0518. The second-order valence-corrected chi connectivity index (χ2v) is 8.80. The van der Waals surface area contributed by atoms with Gasteiger partial charge in [0, 0.05) is 18.5 Å². The van der Waals surface area contributed by atoms with E-state index in [1.807, 2.05) is 6.92 Å². The van der Waals surface area contributed by atoms with Crippen LogP contribution in [-0.2, 0) is 14.8 Å². The van der Waals surface area contributed by atoms with Gasteiger partial charge in [0.25, 0.3) is 15.9 Å². The number of anilines is 1. The lowest BCUT2D eigenvalue weighted by Gasteiger charge is -2.24. The SMILES string of the molecule is COc1ccc(N(CC(=O)N/N=C/c2ccncc2)S(=O)(=O)c2ccc(C)cc2)cc1OC. The van der Waals surface area contributed by atoms with Crippen LogP contribution in [0.3, 0.4) is 0 Å². The van der Waals surface area contributed by atoms with Gasteiger partial charge in [-0.05, 0) is 48.9 Å². The van der Waals surface area contributed by atoms with Gasteiger partial charge in [-0.3, -0.25) is 14.1 Å². The number of carbonyl (C=O) groups is 1. The van der Waals surface area contributed by atoms with Crippen LogP contribution in [0.15, 0.2) is 77.0 Å². The largest absolute Gasteiger partial charge is 0.493 e. The summed E-state index contributed by atoms with van der Waals surface area (Å²) in [6.45, 7) is 1.36. The number of sulfonamides is 1. The molecule has 3 aromatic rings. The van der Waals surface area contributed by atoms with E-state index in [4.69, 9.17) is 9.47 Å². The van der Waals surface area contributed by atoms with Crippen LogP contribution >= 0.6 is 0 Å². The van der Waals surface area contributed by atoms with E-state index in [9.17, 15) is 13.2 Å². The van der Waals surface area contributed by atoms with Gasteiger partial charge in [0.15, 0.2) is 11.5 Å². The topological polar surface area (TPSA) is 110 Å². The van der Waals surface area contributed by atoms with Gasteiger partial charge < -0.3 is 9.47 Å². The van der Waals surface area contributed by atoms with Crippen LogP contribution < -0.4 is 19.2 Å². The molecule has 0 aliphatic heterocycles. The molecule has 1 heterocycles. The van der Waals surface area contributed by atoms with Crippen molar-refractivity contribution in [2.45, 2.75) is 11.8 Å². The highest BCUT2D eigenvalue weighted by Gasteiger charge is 2.28. The summed E-state index contributed by atoms with van der Waals surface area (Å²) in [4.78, 5) is 16.6. The van der Waals surface area contributed by atoms with Crippen molar-refractivity contribution < 1.29 is 22.7 Å². The highest BCUT2D eigenvalue weighted by Crippen LogP contribution is 2.33. The fraction of sp³-hybridized carbons (Fsp3) is 0.174. The molecule has 1 N–H and O–H groups in total. The normalized spacial score (nSPS) is 11.2. The number of carbonyl (C=O) groups excluding carboxylic acids is 1. The first-order chi connectivity index (χ1) is 15.8. The highest BCUT2D eigenvalue weighted by atomic mass is 32.2. The second-order valence-electron chi connectivity index (χ2n) is 6.94. The minimum atomic E-state index is -4.07. The van der Waals surface area contributed by atoms with Gasteiger partial charge in [-0.25, -0.2) is 13.8 Å². The quantitative estimate of drug-likeness (QED) is 0.382. The number of hydrogen-bond acceptors (Lipinski definition) is 7. The minimum Gasteiger partial charge on any atom is -0.493 e. The van der Waals surface area contributed by atoms with Crippen LogP contribution in [0.1, 0.15) is 11.1 Å². The second kappa shape index (κ2) is 10.6. The first kappa shape index (κ1) is 23.7. The smallest absolute Gasteiger partial charge is 0.264 e. The Morgan fingerprint density at radius 3 is 2.33 bits per heavy atom. The maximum atomic E-state index is 13.5. The Labute approximate surface area is 192 Å². The molecule has 0 aliphatic rings. The molecule has 0 atom stereocenters. The fourth-order valence-corrected chi connectivity index (χ4v) is 4.34. The Morgan fingerprint density at radius 1 is 1.03 bits per heavy atom. The number of pyridine rings is 1. The predicted octanol–water partition coefficient (Wildman–Crippen LogP) is 2.75. The number of aromatic nitrogens is 1. The molecule has 0 unspecified atom stereocenters. The Kier molecular flexibility index (Phi) is 7.62. The van der Waals surface area contributed by atoms with Crippen molar-refractivity contribution in [2.75, 3.05) is 25.1 Å². The highest BCUT2D eigenvalue weighted by molar-refractivity contribution is 7.92. The third kappa shape index (κ3) is 5.86. The number of nitrogens with zero attached hydrogens (tertiary/aromatic N) is 3. The van der Waals surface area contributed by atoms with Crippen molar-refractivity contribution in [1.82, 2.24) is 10.4 Å². The van der Waals surface area contributed by atoms with Crippen molar-refractivity contribution in [3.63, 3.8) is 0 Å². The number of amides is 1. The number of benzene rings is 2. The molecule has 0 radical (unpaired) electrons. The molecule has 0 saturated carbocycles. The molecule has 33 heavy (non-hydrogen) atoms. The van der Waals surface area contributed by atoms with Crippen molar-refractivity contribution in [3.05, 3.63) is 78.1 Å². The molecular weight excluding hydrogens is 444 g/mol. The summed E-state index contributed by atoms with van der Waals surface area (Å²) in [6.07, 6.45) is 4.63. The maximum absolute atomic E-state index is 13.5. The number of ether oxygens (including phenoxy) is 2. The molecule has 2 aromatic carbocycles. The summed E-state index contributed by atoms with van der Waals surface area (Å²) in [5.41, 5.74) is 4.24. The standard InChI is InChI=1S/C23H24N4O5S/c1-17-4-7-20(8-5-17)33(29,30)27(19-6-9-21(31-2)22(14-19)32-3)16-23(28)26-25-15-18-10-12-24-13-11-18/h4-15H,16H2,1-3H3,(H,26,28)/b25-15+. The Balaban J connectivity index is 1.92. The molecular formula is C23H24N4O5S. The molecule has 9 nitrogen and oxygen atoms in total. The molecule has 0 fully saturated rings. The zero-order chi connectivity index (χ0) is 23.8. The van der Waals surface area contributed by atoms with Crippen LogP contribution in [0, 0.1) is 6.92 Å². The lowest BCUT2D eigenvalue weighted by Crippen LogP contribution is -2.39. The monoisotopic (exact) mass is 468 g/mol. The van der Waals surface area contributed by atoms with E-state index in [-0.39, 0.29) is 10.6 Å². The van der Waals surface area contributed by atoms with Crippen molar-refractivity contribution in [3.8, 4) is 11.5 Å². The van der Waals surface area contributed by atoms with Crippen LogP contribution in [0.5, 0.6) is 11.5 Å². The molecule has 0 bridgehead atoms. The number of hydrazone groups is 1. The molecule has 1 amide bonds. The average Bonchev–Trinajstić information content (AvgIpc) is 2.83. The number of methoxy groups -OCH3 is 2. The predicted molar refractivity (Wildman–Crippen MR) is 125 cm³/mol. The molecule has 0 saturated heterocycles. The molecule has 0 spiro atoms. The Bertz CT molecular complexity index is 1230. The Morgan fingerprint density at radius 2 is 1.70 bits per heavy atom. The van der Waals surface area contributed by atoms with E-state index < -0.39 is 22.5 Å². The number of hydrogen-bond donors (Lipinski definition) is 1. The molecule has 3 rings (SSSR count). The maximum Gasteiger partial charge on any atom is 0.264 e. The zero-order valence-electron chi connectivity index (χ0n) is 18.4. The molecule has 1 aromatic heterocycles. The molecule has 0 aliphatic carbocycles. The third-order valence-electron chi connectivity index (χ3n) is 4.66. The number of aryl methyl sites for hydroxylation is 1. The average molecular weight is 469 g/mol. The van der Waals surface area contributed by atoms with Gasteiger partial charge in [-0.15, -0.1) is 0 Å². The molecule has 172 valence electrons. The van der Waals surface area contributed by atoms with Crippen LogP contribution in [0.25, 0.3) is 0 Å². The summed E-state index contributed by atoms with van der Waals surface area (Å²) in [6, 6.07) is 14.4.